The largest absolute Gasteiger partial charge is 0.507 e. The van der Waals surface area contributed by atoms with Crippen LogP contribution in [0.1, 0.15) is 18.5 Å². The Bertz CT molecular complexity index is 293. The molecule has 14 heavy (non-hydrogen) atoms. The van der Waals surface area contributed by atoms with Gasteiger partial charge in [0.15, 0.2) is 0 Å². The summed E-state index contributed by atoms with van der Waals surface area (Å²) in [6.07, 6.45) is 0. The Balaban J connectivity index is 2.94. The highest BCUT2D eigenvalue weighted by Gasteiger charge is 2.14. The maximum absolute atomic E-state index is 9.56. The van der Waals surface area contributed by atoms with Gasteiger partial charge < -0.3 is 10.2 Å². The molecule has 4 nitrogen and oxygen atoms in total. The summed E-state index contributed by atoms with van der Waals surface area (Å²) in [5, 5.41) is 20.9. The molecular weight excluding hydrogens is 180 g/mol. The Morgan fingerprint density at radius 3 is 2.14 bits per heavy atom. The summed E-state index contributed by atoms with van der Waals surface area (Å²) in [5.74, 6) is 0.207. The highest BCUT2D eigenvalue weighted by Crippen LogP contribution is 2.31. The third kappa shape index (κ3) is 2.37. The van der Waals surface area contributed by atoms with E-state index in [1.165, 1.54) is 0 Å². The molecule has 0 radical (unpaired) electrons. The Hall–Kier alpha value is -1.26. The molecule has 0 fully saturated rings. The van der Waals surface area contributed by atoms with Crippen molar-refractivity contribution in [1.29, 1.82) is 0 Å². The molecule has 0 bridgehead atoms. The first-order valence-electron chi connectivity index (χ1n) is 4.46. The van der Waals surface area contributed by atoms with Crippen LogP contribution in [0.3, 0.4) is 0 Å². The predicted molar refractivity (Wildman–Crippen MR) is 55.0 cm³/mol. The van der Waals surface area contributed by atoms with E-state index in [-0.39, 0.29) is 17.5 Å². The summed E-state index contributed by atoms with van der Waals surface area (Å²) in [4.78, 5) is 0. The maximum atomic E-state index is 9.56. The van der Waals surface area contributed by atoms with Crippen molar-refractivity contribution in [2.75, 3.05) is 14.1 Å². The van der Waals surface area contributed by atoms with Gasteiger partial charge in [-0.05, 0) is 19.1 Å². The number of nitrogens with zero attached hydrogens (tertiary/aromatic N) is 1. The van der Waals surface area contributed by atoms with Gasteiger partial charge in [-0.25, -0.2) is 5.43 Å². The van der Waals surface area contributed by atoms with Crippen LogP contribution >= 0.6 is 0 Å². The van der Waals surface area contributed by atoms with Crippen LogP contribution in [0.2, 0.25) is 0 Å². The van der Waals surface area contributed by atoms with E-state index in [4.69, 9.17) is 0 Å². The Morgan fingerprint density at radius 1 is 1.21 bits per heavy atom. The van der Waals surface area contributed by atoms with Gasteiger partial charge in [0.2, 0.25) is 0 Å². The lowest BCUT2D eigenvalue weighted by Crippen LogP contribution is -2.32. The number of hydrogen-bond acceptors (Lipinski definition) is 4. The zero-order valence-electron chi connectivity index (χ0n) is 8.65. The molecule has 0 aliphatic rings. The van der Waals surface area contributed by atoms with Gasteiger partial charge >= 0.3 is 0 Å². The molecule has 1 aromatic carbocycles. The van der Waals surface area contributed by atoms with E-state index in [1.54, 1.807) is 23.2 Å². The number of nitrogens with one attached hydrogen (secondary N) is 1. The fourth-order valence-electron chi connectivity index (χ4n) is 1.44. The number of hydrazine groups is 1. The summed E-state index contributed by atoms with van der Waals surface area (Å²) in [6, 6.07) is 4.59. The minimum atomic E-state index is -0.133. The molecule has 0 saturated carbocycles. The monoisotopic (exact) mass is 196 g/mol. The molecule has 0 spiro atoms. The molecule has 78 valence electrons. The summed E-state index contributed by atoms with van der Waals surface area (Å²) in [7, 11) is 3.71. The van der Waals surface area contributed by atoms with E-state index < -0.39 is 0 Å². The van der Waals surface area contributed by atoms with Crippen LogP contribution in [-0.4, -0.2) is 29.3 Å². The van der Waals surface area contributed by atoms with E-state index in [0.29, 0.717) is 5.56 Å². The standard InChI is InChI=1S/C10H16N2O2/c1-7(11-12(2)3)10-8(13)5-4-6-9(10)14/h4-7,11,13-14H,1-3H3. The van der Waals surface area contributed by atoms with Crippen molar-refractivity contribution in [1.82, 2.24) is 10.4 Å². The molecular formula is C10H16N2O2. The number of aromatic hydroxyl groups is 2. The van der Waals surface area contributed by atoms with Gasteiger partial charge in [-0.2, -0.15) is 0 Å². The summed E-state index contributed by atoms with van der Waals surface area (Å²) in [6.45, 7) is 1.87. The number of phenolic OH excluding ortho intramolecular Hbond substituents is 2. The molecule has 0 amide bonds. The molecule has 0 aromatic heterocycles. The second-order valence-electron chi connectivity index (χ2n) is 3.46. The number of benzene rings is 1. The molecule has 1 aromatic rings. The second kappa shape index (κ2) is 4.30. The molecule has 0 aliphatic carbocycles. The molecule has 0 heterocycles. The van der Waals surface area contributed by atoms with Crippen molar-refractivity contribution in [2.24, 2.45) is 0 Å². The van der Waals surface area contributed by atoms with Crippen LogP contribution in [0.25, 0.3) is 0 Å². The quantitative estimate of drug-likeness (QED) is 0.636. The van der Waals surface area contributed by atoms with Crippen LogP contribution in [0.15, 0.2) is 18.2 Å². The van der Waals surface area contributed by atoms with Crippen molar-refractivity contribution >= 4 is 0 Å². The normalized spacial score (nSPS) is 13.1. The van der Waals surface area contributed by atoms with Crippen molar-refractivity contribution in [3.05, 3.63) is 23.8 Å². The summed E-state index contributed by atoms with van der Waals surface area (Å²) < 4.78 is 0. The topological polar surface area (TPSA) is 55.7 Å². The van der Waals surface area contributed by atoms with Gasteiger partial charge in [0.05, 0.1) is 11.6 Å². The van der Waals surface area contributed by atoms with Gasteiger partial charge in [0, 0.05) is 14.1 Å². The Labute approximate surface area is 83.8 Å². The Kier molecular flexibility index (Phi) is 3.33. The molecule has 1 unspecified atom stereocenters. The average Bonchev–Trinajstić information content (AvgIpc) is 2.01. The summed E-state index contributed by atoms with van der Waals surface area (Å²) >= 11 is 0. The number of phenols is 2. The molecule has 1 rings (SSSR count). The van der Waals surface area contributed by atoms with Gasteiger partial charge in [0.25, 0.3) is 0 Å². The minimum Gasteiger partial charge on any atom is -0.507 e. The smallest absolute Gasteiger partial charge is 0.124 e. The highest BCUT2D eigenvalue weighted by molar-refractivity contribution is 5.44. The van der Waals surface area contributed by atoms with Crippen molar-refractivity contribution in [3.8, 4) is 11.5 Å². The van der Waals surface area contributed by atoms with Crippen LogP contribution in [0.4, 0.5) is 0 Å². The van der Waals surface area contributed by atoms with E-state index in [9.17, 15) is 10.2 Å². The zero-order chi connectivity index (χ0) is 10.7. The zero-order valence-corrected chi connectivity index (χ0v) is 8.65. The lowest BCUT2D eigenvalue weighted by atomic mass is 10.1. The first-order valence-corrected chi connectivity index (χ1v) is 4.46. The molecule has 4 heteroatoms. The Morgan fingerprint density at radius 2 is 1.71 bits per heavy atom. The van der Waals surface area contributed by atoms with Gasteiger partial charge in [-0.1, -0.05) is 6.07 Å². The van der Waals surface area contributed by atoms with Crippen LogP contribution in [0.5, 0.6) is 11.5 Å². The third-order valence-electron chi connectivity index (χ3n) is 1.94. The molecule has 1 atom stereocenters. The molecule has 0 saturated heterocycles. The summed E-state index contributed by atoms with van der Waals surface area (Å²) in [5.41, 5.74) is 3.57. The SMILES string of the molecule is CC(NN(C)C)c1c(O)cccc1O. The lowest BCUT2D eigenvalue weighted by molar-refractivity contribution is 0.246. The van der Waals surface area contributed by atoms with Gasteiger partial charge in [0.1, 0.15) is 11.5 Å². The molecule has 3 N–H and O–H groups in total. The van der Waals surface area contributed by atoms with E-state index in [2.05, 4.69) is 5.43 Å². The van der Waals surface area contributed by atoms with Crippen LogP contribution < -0.4 is 5.43 Å². The molecule has 0 aliphatic heterocycles. The van der Waals surface area contributed by atoms with Gasteiger partial charge in [-0.3, -0.25) is 5.01 Å². The second-order valence-corrected chi connectivity index (χ2v) is 3.46. The van der Waals surface area contributed by atoms with Crippen molar-refractivity contribution < 1.29 is 10.2 Å². The number of hydrogen-bond donors (Lipinski definition) is 3. The van der Waals surface area contributed by atoms with Crippen molar-refractivity contribution in [2.45, 2.75) is 13.0 Å². The fourth-order valence-corrected chi connectivity index (χ4v) is 1.44. The third-order valence-corrected chi connectivity index (χ3v) is 1.94. The van der Waals surface area contributed by atoms with Crippen molar-refractivity contribution in [3.63, 3.8) is 0 Å². The predicted octanol–water partition coefficient (Wildman–Crippen LogP) is 1.23. The van der Waals surface area contributed by atoms with E-state index in [1.807, 2.05) is 21.0 Å². The highest BCUT2D eigenvalue weighted by atomic mass is 16.3. The van der Waals surface area contributed by atoms with E-state index >= 15 is 0 Å². The minimum absolute atomic E-state index is 0.104. The first kappa shape index (κ1) is 10.8. The maximum Gasteiger partial charge on any atom is 0.124 e. The van der Waals surface area contributed by atoms with Gasteiger partial charge in [-0.15, -0.1) is 0 Å². The number of rotatable bonds is 3. The van der Waals surface area contributed by atoms with Crippen LogP contribution in [-0.2, 0) is 0 Å². The fraction of sp³-hybridized carbons (Fsp3) is 0.400. The van der Waals surface area contributed by atoms with Crippen LogP contribution in [0, 0.1) is 0 Å². The lowest BCUT2D eigenvalue weighted by Gasteiger charge is -2.21. The van der Waals surface area contributed by atoms with E-state index in [0.717, 1.165) is 0 Å². The first-order chi connectivity index (χ1) is 6.52. The average molecular weight is 196 g/mol.